The second-order valence-corrected chi connectivity index (χ2v) is 9.06. The highest BCUT2D eigenvalue weighted by molar-refractivity contribution is 8.45. The van der Waals surface area contributed by atoms with E-state index in [1.54, 1.807) is 0 Å². The number of halogens is 5. The lowest BCUT2D eigenvalue weighted by molar-refractivity contribution is 0.0901. The molecule has 0 heterocycles. The van der Waals surface area contributed by atoms with Crippen LogP contribution in [0.25, 0.3) is 0 Å². The molecule has 0 aliphatic carbocycles. The summed E-state index contributed by atoms with van der Waals surface area (Å²) in [5.74, 6) is -0.455. The Labute approximate surface area is 174 Å². The number of nitriles is 2. The lowest BCUT2D eigenvalue weighted by atomic mass is 10.1. The molecule has 0 saturated heterocycles. The molecule has 2 aromatic carbocycles. The van der Waals surface area contributed by atoms with Crippen molar-refractivity contribution < 1.29 is 33.7 Å². The predicted molar refractivity (Wildman–Crippen MR) is 103 cm³/mol. The molecule has 0 aliphatic rings. The minimum atomic E-state index is -9.86. The summed E-state index contributed by atoms with van der Waals surface area (Å²) in [6.07, 6.45) is 0. The zero-order valence-corrected chi connectivity index (χ0v) is 17.0. The highest BCUT2D eigenvalue weighted by atomic mass is 32.5. The average Bonchev–Trinajstić information content (AvgIpc) is 2.70. The number of methoxy groups -OCH3 is 1. The first-order chi connectivity index (χ1) is 14.1. The smallest absolute Gasteiger partial charge is 0.310 e. The monoisotopic (exact) mass is 461 g/mol. The average molecular weight is 461 g/mol. The summed E-state index contributed by atoms with van der Waals surface area (Å²) in [4.78, 5) is 10.2. The minimum Gasteiger partial charge on any atom is -0.495 e. The number of nitrogens with zero attached hydrogens (tertiary/aromatic N) is 2. The van der Waals surface area contributed by atoms with E-state index >= 15 is 0 Å². The van der Waals surface area contributed by atoms with Crippen molar-refractivity contribution in [2.45, 2.75) is 17.4 Å². The van der Waals surface area contributed by atoms with Crippen LogP contribution in [0.4, 0.5) is 19.4 Å². The number of carbonyl (C=O) groups excluding carboxylic acids is 1. The van der Waals surface area contributed by atoms with Gasteiger partial charge in [-0.05, 0) is 43.3 Å². The summed E-state index contributed by atoms with van der Waals surface area (Å²) < 4.78 is 74.3. The maximum absolute atomic E-state index is 12.8. The van der Waals surface area contributed by atoms with Crippen molar-refractivity contribution in [3.8, 4) is 23.6 Å². The maximum Gasteiger partial charge on any atom is 0.310 e. The molecule has 0 aromatic heterocycles. The van der Waals surface area contributed by atoms with Gasteiger partial charge in [0.25, 0.3) is 5.91 Å². The third-order valence-corrected chi connectivity index (χ3v) is 5.18. The van der Waals surface area contributed by atoms with E-state index in [2.05, 4.69) is 5.32 Å². The molecule has 0 radical (unpaired) electrons. The number of nitrogens with one attached hydrogen (secondary N) is 1. The van der Waals surface area contributed by atoms with E-state index in [1.165, 1.54) is 32.2 Å². The highest BCUT2D eigenvalue weighted by Crippen LogP contribution is 3.02. The van der Waals surface area contributed by atoms with Gasteiger partial charge >= 0.3 is 10.2 Å². The van der Waals surface area contributed by atoms with Gasteiger partial charge in [0.05, 0.1) is 18.7 Å². The number of ether oxygens (including phenoxy) is 2. The molecular weight excluding hydrogens is 445 g/mol. The quantitative estimate of drug-likeness (QED) is 0.564. The van der Waals surface area contributed by atoms with Crippen LogP contribution < -0.4 is 14.8 Å². The van der Waals surface area contributed by atoms with Crippen molar-refractivity contribution >= 4 is 16.1 Å². The van der Waals surface area contributed by atoms with Crippen LogP contribution in [0.1, 0.15) is 22.8 Å². The molecule has 0 aliphatic heterocycles. The fourth-order valence-electron chi connectivity index (χ4n) is 2.37. The number of amides is 1. The number of hydrogen-bond acceptors (Lipinski definition) is 5. The maximum atomic E-state index is 12.8. The van der Waals surface area contributed by atoms with Crippen LogP contribution in [0, 0.1) is 22.7 Å². The van der Waals surface area contributed by atoms with E-state index in [0.717, 1.165) is 0 Å². The van der Waals surface area contributed by atoms with Crippen molar-refractivity contribution in [3.63, 3.8) is 0 Å². The summed E-state index contributed by atoms with van der Waals surface area (Å²) in [5.41, 5.74) is -1.81. The Hall–Kier alpha value is -3.51. The van der Waals surface area contributed by atoms with Crippen LogP contribution in [-0.2, 0) is 0 Å². The van der Waals surface area contributed by atoms with Gasteiger partial charge in [-0.25, -0.2) is 0 Å². The Balaban J connectivity index is 2.14. The van der Waals surface area contributed by atoms with Crippen LogP contribution in [0.5, 0.6) is 11.5 Å². The van der Waals surface area contributed by atoms with Gasteiger partial charge < -0.3 is 14.8 Å². The number of hydrogen-bond donors (Lipinski definition) is 1. The van der Waals surface area contributed by atoms with Gasteiger partial charge in [0, 0.05) is 11.6 Å². The van der Waals surface area contributed by atoms with Crippen LogP contribution in [0.15, 0.2) is 47.4 Å². The van der Waals surface area contributed by atoms with Crippen LogP contribution in [0.2, 0.25) is 0 Å². The van der Waals surface area contributed by atoms with Gasteiger partial charge in [-0.2, -0.15) is 10.5 Å². The third-order valence-electron chi connectivity index (χ3n) is 4.02. The zero-order valence-electron chi connectivity index (χ0n) is 16.2. The summed E-state index contributed by atoms with van der Waals surface area (Å²) in [5, 5.41) is 20.8. The third kappa shape index (κ3) is 5.99. The SMILES string of the molecule is COc1ccc(OCC(C)(C#N)NC(=O)c2ccc(S(F)(F)(F)(F)F)cc2)cc1C#N. The molecular formula is C19H16F5N3O3S. The molecule has 0 bridgehead atoms. The van der Waals surface area contributed by atoms with Crippen molar-refractivity contribution in [1.82, 2.24) is 5.32 Å². The first-order valence-corrected chi connectivity index (χ1v) is 10.3. The normalized spacial score (nSPS) is 15.3. The van der Waals surface area contributed by atoms with E-state index < -0.39 is 26.6 Å². The van der Waals surface area contributed by atoms with Crippen molar-refractivity contribution in [2.24, 2.45) is 0 Å². The molecule has 1 amide bonds. The molecule has 1 N–H and O–H groups in total. The number of rotatable bonds is 7. The molecule has 12 heteroatoms. The molecule has 1 unspecified atom stereocenters. The standard InChI is InChI=1S/C19H16F5N3O3S/c1-19(11-26,12-30-15-5-8-17(29-2)14(9-15)10-25)27-18(28)13-3-6-16(7-4-13)31(20,21,22,23)24/h3-9H,12H2,1-2H3,(H,27,28). The zero-order chi connectivity index (χ0) is 23.6. The van der Waals surface area contributed by atoms with Gasteiger partial charge in [-0.1, -0.05) is 19.4 Å². The van der Waals surface area contributed by atoms with Crippen molar-refractivity contribution in [2.75, 3.05) is 13.7 Å². The second kappa shape index (κ2) is 7.32. The van der Waals surface area contributed by atoms with E-state index in [4.69, 9.17) is 14.7 Å². The minimum absolute atomic E-state index is 0.109. The number of benzene rings is 2. The molecule has 0 saturated carbocycles. The van der Waals surface area contributed by atoms with Gasteiger partial charge in [0.15, 0.2) is 5.54 Å². The van der Waals surface area contributed by atoms with Crippen LogP contribution in [-0.4, -0.2) is 25.2 Å². The van der Waals surface area contributed by atoms with Gasteiger partial charge in [-0.15, -0.1) is 0 Å². The first kappa shape index (κ1) is 23.8. The molecule has 166 valence electrons. The fraction of sp³-hybridized carbons (Fsp3) is 0.211. The molecule has 1 atom stereocenters. The summed E-state index contributed by atoms with van der Waals surface area (Å²) >= 11 is 0. The molecule has 2 aromatic rings. The van der Waals surface area contributed by atoms with Crippen LogP contribution in [0.3, 0.4) is 0 Å². The van der Waals surface area contributed by atoms with Crippen LogP contribution >= 0.6 is 10.2 Å². The first-order valence-electron chi connectivity index (χ1n) is 8.40. The lowest BCUT2D eigenvalue weighted by Crippen LogP contribution is -2.49. The summed E-state index contributed by atoms with van der Waals surface area (Å²) in [7, 11) is -8.48. The van der Waals surface area contributed by atoms with Crippen molar-refractivity contribution in [1.29, 1.82) is 10.5 Å². The largest absolute Gasteiger partial charge is 0.495 e. The Bertz CT molecular complexity index is 1090. The Morgan fingerprint density at radius 2 is 1.71 bits per heavy atom. The van der Waals surface area contributed by atoms with E-state index in [-0.39, 0.29) is 35.6 Å². The highest BCUT2D eigenvalue weighted by Gasteiger charge is 2.65. The second-order valence-electron chi connectivity index (χ2n) is 6.65. The van der Waals surface area contributed by atoms with Gasteiger partial charge in [0.2, 0.25) is 0 Å². The van der Waals surface area contributed by atoms with Gasteiger partial charge in [0.1, 0.15) is 29.1 Å². The fourth-order valence-corrected chi connectivity index (χ4v) is 3.02. The number of carbonyl (C=O) groups is 1. The Morgan fingerprint density at radius 3 is 2.19 bits per heavy atom. The summed E-state index contributed by atoms with van der Waals surface area (Å²) in [6.45, 7) is 0.915. The predicted octanol–water partition coefficient (Wildman–Crippen LogP) is 5.32. The molecule has 2 rings (SSSR count). The van der Waals surface area contributed by atoms with Crippen molar-refractivity contribution in [3.05, 3.63) is 53.6 Å². The molecule has 6 nitrogen and oxygen atoms in total. The van der Waals surface area contributed by atoms with E-state index in [1.807, 2.05) is 12.1 Å². The molecule has 31 heavy (non-hydrogen) atoms. The van der Waals surface area contributed by atoms with E-state index in [0.29, 0.717) is 17.9 Å². The lowest BCUT2D eigenvalue weighted by Gasteiger charge is -2.40. The van der Waals surface area contributed by atoms with Gasteiger partial charge in [-0.3, -0.25) is 4.79 Å². The topological polar surface area (TPSA) is 95.1 Å². The summed E-state index contributed by atoms with van der Waals surface area (Å²) in [6, 6.07) is 9.40. The Morgan fingerprint density at radius 1 is 1.10 bits per heavy atom. The molecule has 0 spiro atoms. The van der Waals surface area contributed by atoms with E-state index in [9.17, 15) is 29.5 Å². The molecule has 0 fully saturated rings. The Kier molecular flexibility index (Phi) is 5.61.